The Morgan fingerprint density at radius 2 is 2.10 bits per heavy atom. The van der Waals surface area contributed by atoms with Gasteiger partial charge in [-0.2, -0.15) is 0 Å². The molecule has 0 aliphatic carbocycles. The molecule has 4 heteroatoms. The number of hydrogen-bond acceptors (Lipinski definition) is 3. The van der Waals surface area contributed by atoms with Crippen molar-refractivity contribution in [3.05, 3.63) is 30.1 Å². The summed E-state index contributed by atoms with van der Waals surface area (Å²) in [5.41, 5.74) is 0.968. The number of carbonyl (C=O) groups is 1. The van der Waals surface area contributed by atoms with Gasteiger partial charge in [0.25, 0.3) is 0 Å². The number of hydrogen-bond donors (Lipinski definition) is 1. The molecule has 1 aromatic rings. The van der Waals surface area contributed by atoms with Gasteiger partial charge in [0.1, 0.15) is 0 Å². The lowest BCUT2D eigenvalue weighted by atomic mass is 9.94. The van der Waals surface area contributed by atoms with E-state index >= 15 is 0 Å². The number of pyridine rings is 1. The summed E-state index contributed by atoms with van der Waals surface area (Å²) in [6, 6.07) is 4.38. The largest absolute Gasteiger partial charge is 0.352 e. The Morgan fingerprint density at radius 3 is 2.75 bits per heavy atom. The van der Waals surface area contributed by atoms with Gasteiger partial charge in [0.15, 0.2) is 0 Å². The minimum Gasteiger partial charge on any atom is -0.352 e. The van der Waals surface area contributed by atoms with Crippen molar-refractivity contribution < 1.29 is 4.79 Å². The SMILES string of the molecule is CC(C)(C)C(=O)NC1CCCN(Cc2ccncc2)C1. The number of carbonyl (C=O) groups excluding carboxylic acids is 1. The van der Waals surface area contributed by atoms with Crippen LogP contribution in [0.15, 0.2) is 24.5 Å². The molecule has 0 spiro atoms. The molecule has 0 aromatic carbocycles. The maximum atomic E-state index is 12.1. The highest BCUT2D eigenvalue weighted by atomic mass is 16.2. The van der Waals surface area contributed by atoms with Crippen LogP contribution in [0, 0.1) is 5.41 Å². The van der Waals surface area contributed by atoms with E-state index in [4.69, 9.17) is 0 Å². The zero-order valence-corrected chi connectivity index (χ0v) is 12.7. The molecule has 1 aromatic heterocycles. The Bertz CT molecular complexity index is 439. The standard InChI is InChI=1S/C16H25N3O/c1-16(2,3)15(20)18-14-5-4-10-19(12-14)11-13-6-8-17-9-7-13/h6-9,14H,4-5,10-12H2,1-3H3,(H,18,20). The average molecular weight is 275 g/mol. The van der Waals surface area contributed by atoms with Gasteiger partial charge < -0.3 is 5.32 Å². The zero-order chi connectivity index (χ0) is 14.6. The summed E-state index contributed by atoms with van der Waals surface area (Å²) in [4.78, 5) is 18.5. The molecule has 1 aliphatic rings. The summed E-state index contributed by atoms with van der Waals surface area (Å²) in [5, 5.41) is 3.18. The highest BCUT2D eigenvalue weighted by Gasteiger charge is 2.26. The minimum atomic E-state index is -0.312. The lowest BCUT2D eigenvalue weighted by molar-refractivity contribution is -0.129. The van der Waals surface area contributed by atoms with Crippen molar-refractivity contribution in [2.45, 2.75) is 46.2 Å². The molecular weight excluding hydrogens is 250 g/mol. The van der Waals surface area contributed by atoms with Crippen molar-refractivity contribution in [3.63, 3.8) is 0 Å². The molecule has 1 unspecified atom stereocenters. The summed E-state index contributed by atoms with van der Waals surface area (Å²) < 4.78 is 0. The van der Waals surface area contributed by atoms with Crippen LogP contribution in [0.4, 0.5) is 0 Å². The van der Waals surface area contributed by atoms with Gasteiger partial charge in [-0.1, -0.05) is 20.8 Å². The van der Waals surface area contributed by atoms with Gasteiger partial charge in [0.2, 0.25) is 5.91 Å². The molecule has 0 bridgehead atoms. The Morgan fingerprint density at radius 1 is 1.40 bits per heavy atom. The second-order valence-corrected chi connectivity index (χ2v) is 6.65. The zero-order valence-electron chi connectivity index (χ0n) is 12.7. The Balaban J connectivity index is 1.87. The van der Waals surface area contributed by atoms with E-state index in [1.54, 1.807) is 0 Å². The first-order valence-electron chi connectivity index (χ1n) is 7.37. The van der Waals surface area contributed by atoms with E-state index in [2.05, 4.69) is 27.3 Å². The molecule has 1 amide bonds. The number of aromatic nitrogens is 1. The van der Waals surface area contributed by atoms with Crippen LogP contribution in [0.2, 0.25) is 0 Å². The molecule has 2 heterocycles. The molecule has 1 N–H and O–H groups in total. The van der Waals surface area contributed by atoms with Gasteiger partial charge in [0, 0.05) is 36.9 Å². The lowest BCUT2D eigenvalue weighted by Crippen LogP contribution is -2.50. The second-order valence-electron chi connectivity index (χ2n) is 6.65. The van der Waals surface area contributed by atoms with Crippen LogP contribution in [0.1, 0.15) is 39.2 Å². The molecule has 0 saturated carbocycles. The van der Waals surface area contributed by atoms with Crippen molar-refractivity contribution in [1.82, 2.24) is 15.2 Å². The first kappa shape index (κ1) is 15.0. The smallest absolute Gasteiger partial charge is 0.225 e. The van der Waals surface area contributed by atoms with Crippen LogP contribution in [0.25, 0.3) is 0 Å². The third-order valence-corrected chi connectivity index (χ3v) is 3.68. The van der Waals surface area contributed by atoms with E-state index in [9.17, 15) is 4.79 Å². The molecule has 1 fully saturated rings. The molecule has 20 heavy (non-hydrogen) atoms. The van der Waals surface area contributed by atoms with Crippen LogP contribution < -0.4 is 5.32 Å². The van der Waals surface area contributed by atoms with E-state index < -0.39 is 0 Å². The maximum Gasteiger partial charge on any atom is 0.225 e. The molecular formula is C16H25N3O. The van der Waals surface area contributed by atoms with Crippen molar-refractivity contribution in [3.8, 4) is 0 Å². The summed E-state index contributed by atoms with van der Waals surface area (Å²) in [7, 11) is 0. The minimum absolute atomic E-state index is 0.147. The summed E-state index contributed by atoms with van der Waals surface area (Å²) >= 11 is 0. The molecule has 0 radical (unpaired) electrons. The highest BCUT2D eigenvalue weighted by Crippen LogP contribution is 2.17. The van der Waals surface area contributed by atoms with Crippen molar-refractivity contribution in [2.24, 2.45) is 5.41 Å². The number of nitrogens with zero attached hydrogens (tertiary/aromatic N) is 2. The number of piperidine rings is 1. The molecule has 1 saturated heterocycles. The molecule has 4 nitrogen and oxygen atoms in total. The third kappa shape index (κ3) is 4.30. The van der Waals surface area contributed by atoms with Gasteiger partial charge in [-0.3, -0.25) is 14.7 Å². The van der Waals surface area contributed by atoms with Crippen LogP contribution >= 0.6 is 0 Å². The summed E-state index contributed by atoms with van der Waals surface area (Å²) in [6.45, 7) is 8.85. The topological polar surface area (TPSA) is 45.2 Å². The fraction of sp³-hybridized carbons (Fsp3) is 0.625. The monoisotopic (exact) mass is 275 g/mol. The van der Waals surface area contributed by atoms with Crippen molar-refractivity contribution in [2.75, 3.05) is 13.1 Å². The first-order chi connectivity index (χ1) is 9.45. The first-order valence-corrected chi connectivity index (χ1v) is 7.37. The van der Waals surface area contributed by atoms with Gasteiger partial charge in [0.05, 0.1) is 0 Å². The molecule has 1 atom stereocenters. The van der Waals surface area contributed by atoms with Crippen LogP contribution in [0.5, 0.6) is 0 Å². The summed E-state index contributed by atoms with van der Waals surface area (Å²) in [5.74, 6) is 0.147. The predicted molar refractivity (Wildman–Crippen MR) is 80.1 cm³/mol. The fourth-order valence-electron chi connectivity index (χ4n) is 2.47. The van der Waals surface area contributed by atoms with Crippen molar-refractivity contribution in [1.29, 1.82) is 0 Å². The van der Waals surface area contributed by atoms with Gasteiger partial charge in [-0.25, -0.2) is 0 Å². The predicted octanol–water partition coefficient (Wildman–Crippen LogP) is 2.21. The van der Waals surface area contributed by atoms with Crippen LogP contribution in [0.3, 0.4) is 0 Å². The molecule has 1 aliphatic heterocycles. The van der Waals surface area contributed by atoms with E-state index in [1.807, 2.05) is 33.2 Å². The number of nitrogens with one attached hydrogen (secondary N) is 1. The van der Waals surface area contributed by atoms with Crippen LogP contribution in [-0.2, 0) is 11.3 Å². The highest BCUT2D eigenvalue weighted by molar-refractivity contribution is 5.81. The number of rotatable bonds is 3. The Hall–Kier alpha value is -1.42. The van der Waals surface area contributed by atoms with E-state index in [1.165, 1.54) is 5.56 Å². The van der Waals surface area contributed by atoms with E-state index in [0.29, 0.717) is 0 Å². The van der Waals surface area contributed by atoms with E-state index in [0.717, 1.165) is 32.5 Å². The lowest BCUT2D eigenvalue weighted by Gasteiger charge is -2.34. The maximum absolute atomic E-state index is 12.1. The van der Waals surface area contributed by atoms with Crippen molar-refractivity contribution >= 4 is 5.91 Å². The molecule has 110 valence electrons. The molecule has 2 rings (SSSR count). The number of amides is 1. The Kier molecular flexibility index (Phi) is 4.76. The number of likely N-dealkylation sites (tertiary alicyclic amines) is 1. The summed E-state index contributed by atoms with van der Waals surface area (Å²) in [6.07, 6.45) is 5.88. The average Bonchev–Trinajstić information content (AvgIpc) is 2.39. The van der Waals surface area contributed by atoms with Gasteiger partial charge in [-0.15, -0.1) is 0 Å². The van der Waals surface area contributed by atoms with E-state index in [-0.39, 0.29) is 17.4 Å². The van der Waals surface area contributed by atoms with Gasteiger partial charge in [-0.05, 0) is 37.1 Å². The van der Waals surface area contributed by atoms with Crippen LogP contribution in [-0.4, -0.2) is 34.9 Å². The Labute approximate surface area is 121 Å². The normalized spacial score (nSPS) is 20.6. The fourth-order valence-corrected chi connectivity index (χ4v) is 2.47. The second kappa shape index (κ2) is 6.35. The quantitative estimate of drug-likeness (QED) is 0.920. The van der Waals surface area contributed by atoms with Gasteiger partial charge >= 0.3 is 0 Å². The third-order valence-electron chi connectivity index (χ3n) is 3.68.